The van der Waals surface area contributed by atoms with Crippen molar-refractivity contribution in [2.45, 2.75) is 6.92 Å². The zero-order valence-corrected chi connectivity index (χ0v) is 8.43. The van der Waals surface area contributed by atoms with Crippen molar-refractivity contribution in [3.05, 3.63) is 35.9 Å². The molecule has 80 valence electrons. The average molecular weight is 207 g/mol. The predicted molar refractivity (Wildman–Crippen MR) is 56.9 cm³/mol. The van der Waals surface area contributed by atoms with E-state index in [1.807, 2.05) is 35.8 Å². The van der Waals surface area contributed by atoms with Gasteiger partial charge < -0.3 is 4.84 Å². The van der Waals surface area contributed by atoms with Crippen molar-refractivity contribution in [2.24, 2.45) is 11.0 Å². The van der Waals surface area contributed by atoms with Gasteiger partial charge in [-0.05, 0) is 12.5 Å². The molecule has 0 saturated heterocycles. The van der Waals surface area contributed by atoms with E-state index < -0.39 is 5.91 Å². The van der Waals surface area contributed by atoms with E-state index in [-0.39, 0.29) is 6.61 Å². The maximum absolute atomic E-state index is 10.7. The number of nitrogens with one attached hydrogen (secondary N) is 1. The molecular formula is C10H13N3O2. The molecule has 15 heavy (non-hydrogen) atoms. The number of rotatable bonds is 4. The Balaban J connectivity index is 2.50. The van der Waals surface area contributed by atoms with E-state index >= 15 is 0 Å². The molecule has 1 amide bonds. The molecule has 0 radical (unpaired) electrons. The smallest absolute Gasteiger partial charge is 0.274 e. The van der Waals surface area contributed by atoms with Gasteiger partial charge in [0.2, 0.25) is 0 Å². The Morgan fingerprint density at radius 1 is 1.47 bits per heavy atom. The van der Waals surface area contributed by atoms with Crippen LogP contribution in [0.3, 0.4) is 0 Å². The van der Waals surface area contributed by atoms with Gasteiger partial charge >= 0.3 is 0 Å². The molecule has 0 saturated carbocycles. The Hall–Kier alpha value is -1.88. The van der Waals surface area contributed by atoms with Gasteiger partial charge in [0.1, 0.15) is 0 Å². The number of carbonyl (C=O) groups is 1. The van der Waals surface area contributed by atoms with E-state index in [0.29, 0.717) is 5.71 Å². The zero-order chi connectivity index (χ0) is 11.1. The Kier molecular flexibility index (Phi) is 4.30. The largest absolute Gasteiger partial charge is 0.385 e. The molecule has 5 heteroatoms. The van der Waals surface area contributed by atoms with Gasteiger partial charge in [-0.1, -0.05) is 35.5 Å². The quantitative estimate of drug-likeness (QED) is 0.325. The lowest BCUT2D eigenvalue weighted by Gasteiger charge is -2.01. The molecule has 0 bridgehead atoms. The summed E-state index contributed by atoms with van der Waals surface area (Å²) < 4.78 is 0. The summed E-state index contributed by atoms with van der Waals surface area (Å²) in [6.07, 6.45) is 0. The van der Waals surface area contributed by atoms with Crippen LogP contribution < -0.4 is 11.3 Å². The standard InChI is InChI=1S/C10H13N3O2/c1-8(9-5-3-2-4-6-9)13-15-7-10(14)12-11/h2-6H,7,11H2,1H3,(H,12,14)/b13-8+. The van der Waals surface area contributed by atoms with Gasteiger partial charge in [-0.2, -0.15) is 0 Å². The van der Waals surface area contributed by atoms with E-state index in [1.54, 1.807) is 6.92 Å². The van der Waals surface area contributed by atoms with Crippen LogP contribution >= 0.6 is 0 Å². The second kappa shape index (κ2) is 5.77. The van der Waals surface area contributed by atoms with E-state index in [4.69, 9.17) is 10.7 Å². The van der Waals surface area contributed by atoms with Crippen LogP contribution in [0.4, 0.5) is 0 Å². The van der Waals surface area contributed by atoms with Crippen LogP contribution in [-0.2, 0) is 9.63 Å². The van der Waals surface area contributed by atoms with Gasteiger partial charge in [-0.15, -0.1) is 0 Å². The Morgan fingerprint density at radius 2 is 2.13 bits per heavy atom. The van der Waals surface area contributed by atoms with Crippen LogP contribution in [0, 0.1) is 0 Å². The second-order valence-electron chi connectivity index (χ2n) is 2.88. The molecule has 1 rings (SSSR count). The van der Waals surface area contributed by atoms with Gasteiger partial charge in [-0.25, -0.2) is 5.84 Å². The fraction of sp³-hybridized carbons (Fsp3) is 0.200. The highest BCUT2D eigenvalue weighted by molar-refractivity contribution is 5.98. The Labute approximate surface area is 87.9 Å². The lowest BCUT2D eigenvalue weighted by atomic mass is 10.1. The highest BCUT2D eigenvalue weighted by atomic mass is 16.6. The summed E-state index contributed by atoms with van der Waals surface area (Å²) in [5, 5.41) is 3.78. The summed E-state index contributed by atoms with van der Waals surface area (Å²) in [4.78, 5) is 15.5. The van der Waals surface area contributed by atoms with Crippen LogP contribution in [0.2, 0.25) is 0 Å². The highest BCUT2D eigenvalue weighted by Crippen LogP contribution is 2.00. The molecule has 1 aromatic carbocycles. The summed E-state index contributed by atoms with van der Waals surface area (Å²) in [5.41, 5.74) is 3.60. The summed E-state index contributed by atoms with van der Waals surface area (Å²) >= 11 is 0. The first-order valence-electron chi connectivity index (χ1n) is 4.45. The topological polar surface area (TPSA) is 76.7 Å². The SMILES string of the molecule is C/C(=N\OCC(=O)NN)c1ccccc1. The molecule has 0 atom stereocenters. The number of hydrogen-bond donors (Lipinski definition) is 2. The van der Waals surface area contributed by atoms with E-state index in [2.05, 4.69) is 5.16 Å². The number of amides is 1. The van der Waals surface area contributed by atoms with Crippen molar-refractivity contribution in [3.63, 3.8) is 0 Å². The fourth-order valence-corrected chi connectivity index (χ4v) is 0.961. The zero-order valence-electron chi connectivity index (χ0n) is 8.43. The van der Waals surface area contributed by atoms with Gasteiger partial charge in [0.05, 0.1) is 5.71 Å². The maximum atomic E-state index is 10.7. The number of hydrazine groups is 1. The molecule has 0 aliphatic heterocycles. The third kappa shape index (κ3) is 3.78. The number of nitrogens with two attached hydrogens (primary N) is 1. The molecule has 0 spiro atoms. The van der Waals surface area contributed by atoms with Crippen LogP contribution in [0.1, 0.15) is 12.5 Å². The van der Waals surface area contributed by atoms with E-state index in [1.165, 1.54) is 0 Å². The molecule has 3 N–H and O–H groups in total. The molecule has 0 heterocycles. The summed E-state index contributed by atoms with van der Waals surface area (Å²) in [7, 11) is 0. The van der Waals surface area contributed by atoms with Crippen molar-refractivity contribution in [2.75, 3.05) is 6.61 Å². The number of oxime groups is 1. The van der Waals surface area contributed by atoms with Crippen LogP contribution in [0.15, 0.2) is 35.5 Å². The number of nitrogens with zero attached hydrogens (tertiary/aromatic N) is 1. The van der Waals surface area contributed by atoms with Crippen LogP contribution in [0.25, 0.3) is 0 Å². The minimum atomic E-state index is -0.417. The first-order chi connectivity index (χ1) is 7.24. The first-order valence-corrected chi connectivity index (χ1v) is 4.45. The summed E-state index contributed by atoms with van der Waals surface area (Å²) in [6.45, 7) is 1.62. The van der Waals surface area contributed by atoms with Crippen molar-refractivity contribution in [1.29, 1.82) is 0 Å². The lowest BCUT2D eigenvalue weighted by molar-refractivity contribution is -0.125. The number of hydrogen-bond acceptors (Lipinski definition) is 4. The average Bonchev–Trinajstić information content (AvgIpc) is 2.29. The van der Waals surface area contributed by atoms with Gasteiger partial charge in [-0.3, -0.25) is 10.2 Å². The molecular weight excluding hydrogens is 194 g/mol. The summed E-state index contributed by atoms with van der Waals surface area (Å²) in [5.74, 6) is 4.45. The van der Waals surface area contributed by atoms with Crippen molar-refractivity contribution >= 4 is 11.6 Å². The maximum Gasteiger partial charge on any atom is 0.274 e. The van der Waals surface area contributed by atoms with Crippen LogP contribution in [-0.4, -0.2) is 18.2 Å². The minimum absolute atomic E-state index is 0.180. The highest BCUT2D eigenvalue weighted by Gasteiger charge is 1.99. The monoisotopic (exact) mass is 207 g/mol. The van der Waals surface area contributed by atoms with Gasteiger partial charge in [0, 0.05) is 0 Å². The molecule has 0 aromatic heterocycles. The lowest BCUT2D eigenvalue weighted by Crippen LogP contribution is -2.32. The third-order valence-electron chi connectivity index (χ3n) is 1.75. The summed E-state index contributed by atoms with van der Waals surface area (Å²) in [6, 6.07) is 9.54. The van der Waals surface area contributed by atoms with Crippen molar-refractivity contribution in [1.82, 2.24) is 5.43 Å². The minimum Gasteiger partial charge on any atom is -0.385 e. The number of carbonyl (C=O) groups excluding carboxylic acids is 1. The van der Waals surface area contributed by atoms with E-state index in [0.717, 1.165) is 5.56 Å². The van der Waals surface area contributed by atoms with Crippen LogP contribution in [0.5, 0.6) is 0 Å². The molecule has 0 fully saturated rings. The Morgan fingerprint density at radius 3 is 2.73 bits per heavy atom. The second-order valence-corrected chi connectivity index (χ2v) is 2.88. The first kappa shape index (κ1) is 11.2. The van der Waals surface area contributed by atoms with Crippen molar-refractivity contribution in [3.8, 4) is 0 Å². The third-order valence-corrected chi connectivity index (χ3v) is 1.75. The molecule has 5 nitrogen and oxygen atoms in total. The van der Waals surface area contributed by atoms with Crippen molar-refractivity contribution < 1.29 is 9.63 Å². The van der Waals surface area contributed by atoms with Gasteiger partial charge in [0.25, 0.3) is 5.91 Å². The normalized spacial score (nSPS) is 10.9. The fourth-order valence-electron chi connectivity index (χ4n) is 0.961. The molecule has 0 aliphatic rings. The predicted octanol–water partition coefficient (Wildman–Crippen LogP) is 0.417. The molecule has 0 aliphatic carbocycles. The molecule has 1 aromatic rings. The number of benzene rings is 1. The van der Waals surface area contributed by atoms with E-state index in [9.17, 15) is 4.79 Å². The van der Waals surface area contributed by atoms with Gasteiger partial charge in [0.15, 0.2) is 6.61 Å². The molecule has 0 unspecified atom stereocenters. The Bertz CT molecular complexity index is 349.